The number of hydrogen-bond acceptors (Lipinski definition) is 8. The fourth-order valence-corrected chi connectivity index (χ4v) is 0.933. The molecule has 2 atom stereocenters. The van der Waals surface area contributed by atoms with Gasteiger partial charge < -0.3 is 0 Å². The van der Waals surface area contributed by atoms with E-state index in [4.69, 9.17) is 10.5 Å². The third kappa shape index (κ3) is 3.11. The van der Waals surface area contributed by atoms with E-state index in [1.54, 1.807) is 0 Å². The molecule has 0 aromatic rings. The molecule has 0 amide bonds. The molecule has 0 heterocycles. The average Bonchev–Trinajstić information content (AvgIpc) is 2.43. The van der Waals surface area contributed by atoms with Crippen LogP contribution >= 0.6 is 0 Å². The molecular weight excluding hydrogens is 264 g/mol. The first-order valence-corrected chi connectivity index (χ1v) is 5.87. The minimum atomic E-state index is -1.54. The van der Waals surface area contributed by atoms with Crippen molar-refractivity contribution in [2.24, 2.45) is 10.2 Å². The van der Waals surface area contributed by atoms with Crippen LogP contribution in [0.4, 0.5) is 0 Å². The van der Waals surface area contributed by atoms with E-state index in [0.29, 0.717) is 0 Å². The first kappa shape index (κ1) is 18.4. The molecule has 0 aliphatic rings. The van der Waals surface area contributed by atoms with Crippen molar-refractivity contribution >= 4 is 0 Å². The molecule has 0 bridgehead atoms. The van der Waals surface area contributed by atoms with Gasteiger partial charge in [-0.05, 0) is 41.5 Å². The quantitative estimate of drug-likeness (QED) is 0.437. The van der Waals surface area contributed by atoms with Gasteiger partial charge in [-0.3, -0.25) is 10.5 Å². The van der Waals surface area contributed by atoms with Gasteiger partial charge in [0.25, 0.3) is 0 Å². The zero-order chi connectivity index (χ0) is 16.2. The SMILES string of the molecule is CC(C#N)(/N=N/C(C)(C#N)C(C)(C)OO)C(C)(C)OO. The lowest BCUT2D eigenvalue weighted by Crippen LogP contribution is -2.49. The van der Waals surface area contributed by atoms with Gasteiger partial charge in [-0.15, -0.1) is 0 Å². The second-order valence-electron chi connectivity index (χ2n) is 5.77. The third-order valence-electron chi connectivity index (χ3n) is 3.69. The molecule has 20 heavy (non-hydrogen) atoms. The van der Waals surface area contributed by atoms with Gasteiger partial charge in [-0.2, -0.15) is 20.8 Å². The van der Waals surface area contributed by atoms with Crippen LogP contribution in [0.5, 0.6) is 0 Å². The van der Waals surface area contributed by atoms with Gasteiger partial charge in [-0.1, -0.05) is 0 Å². The Labute approximate surface area is 118 Å². The third-order valence-corrected chi connectivity index (χ3v) is 3.69. The molecule has 2 N–H and O–H groups in total. The number of nitriles is 2. The first-order chi connectivity index (χ1) is 8.95. The van der Waals surface area contributed by atoms with Gasteiger partial charge in [0.1, 0.15) is 11.2 Å². The monoisotopic (exact) mass is 284 g/mol. The molecule has 0 fully saturated rings. The number of nitrogens with zero attached hydrogens (tertiary/aromatic N) is 4. The van der Waals surface area contributed by atoms with E-state index in [9.17, 15) is 10.5 Å². The van der Waals surface area contributed by atoms with Crippen LogP contribution in [0.1, 0.15) is 41.5 Å². The Kier molecular flexibility index (Phi) is 5.36. The van der Waals surface area contributed by atoms with Gasteiger partial charge >= 0.3 is 0 Å². The maximum absolute atomic E-state index is 9.22. The summed E-state index contributed by atoms with van der Waals surface area (Å²) in [5.74, 6) is 0. The summed E-state index contributed by atoms with van der Waals surface area (Å²) >= 11 is 0. The van der Waals surface area contributed by atoms with Crippen LogP contribution < -0.4 is 0 Å². The summed E-state index contributed by atoms with van der Waals surface area (Å²) in [6.45, 7) is 8.60. The molecule has 112 valence electrons. The van der Waals surface area contributed by atoms with Gasteiger partial charge in [0.05, 0.1) is 12.1 Å². The molecular formula is C12H20N4O4. The highest BCUT2D eigenvalue weighted by Gasteiger charge is 2.48. The maximum atomic E-state index is 9.22. The van der Waals surface area contributed by atoms with E-state index < -0.39 is 22.3 Å². The van der Waals surface area contributed by atoms with Crippen LogP contribution in [0.2, 0.25) is 0 Å². The van der Waals surface area contributed by atoms with Crippen molar-refractivity contribution in [3.8, 4) is 12.1 Å². The first-order valence-electron chi connectivity index (χ1n) is 5.87. The van der Waals surface area contributed by atoms with Gasteiger partial charge in [0.2, 0.25) is 0 Å². The highest BCUT2D eigenvalue weighted by atomic mass is 17.1. The highest BCUT2D eigenvalue weighted by Crippen LogP contribution is 2.33. The maximum Gasteiger partial charge on any atom is 0.195 e. The van der Waals surface area contributed by atoms with Crippen LogP contribution in [-0.2, 0) is 9.78 Å². The molecule has 0 radical (unpaired) electrons. The predicted molar refractivity (Wildman–Crippen MR) is 68.5 cm³/mol. The summed E-state index contributed by atoms with van der Waals surface area (Å²) in [6.07, 6.45) is 0. The largest absolute Gasteiger partial charge is 0.251 e. The van der Waals surface area contributed by atoms with Crippen molar-refractivity contribution in [1.29, 1.82) is 10.5 Å². The molecule has 0 spiro atoms. The zero-order valence-corrected chi connectivity index (χ0v) is 12.5. The Hall–Kier alpha value is -1.58. The normalized spacial score (nSPS) is 18.9. The lowest BCUT2D eigenvalue weighted by Gasteiger charge is -2.34. The van der Waals surface area contributed by atoms with Gasteiger partial charge in [-0.25, -0.2) is 9.78 Å². The highest BCUT2D eigenvalue weighted by molar-refractivity contribution is 5.17. The van der Waals surface area contributed by atoms with Crippen LogP contribution in [0.3, 0.4) is 0 Å². The van der Waals surface area contributed by atoms with Crippen LogP contribution in [0.25, 0.3) is 0 Å². The van der Waals surface area contributed by atoms with Crippen LogP contribution in [0.15, 0.2) is 10.2 Å². The van der Waals surface area contributed by atoms with E-state index in [2.05, 4.69) is 20.0 Å². The van der Waals surface area contributed by atoms with E-state index >= 15 is 0 Å². The molecule has 0 aromatic carbocycles. The summed E-state index contributed by atoms with van der Waals surface area (Å²) < 4.78 is 0. The van der Waals surface area contributed by atoms with Crippen molar-refractivity contribution in [3.63, 3.8) is 0 Å². The molecule has 0 aliphatic heterocycles. The fraction of sp³-hybridized carbons (Fsp3) is 0.833. The Bertz CT molecular complexity index is 421. The summed E-state index contributed by atoms with van der Waals surface area (Å²) in [6, 6.07) is 3.76. The molecule has 8 nitrogen and oxygen atoms in total. The lowest BCUT2D eigenvalue weighted by molar-refractivity contribution is -0.326. The minimum absolute atomic E-state index is 1.34. The summed E-state index contributed by atoms with van der Waals surface area (Å²) in [5, 5.41) is 43.9. The second kappa shape index (κ2) is 5.81. The molecule has 8 heteroatoms. The molecule has 0 aliphatic carbocycles. The van der Waals surface area contributed by atoms with Gasteiger partial charge in [0.15, 0.2) is 11.1 Å². The van der Waals surface area contributed by atoms with Crippen molar-refractivity contribution in [1.82, 2.24) is 0 Å². The standard InChI is InChI=1S/C12H20N4O4/c1-9(2,19-17)11(5,7-13)15-16-12(6,8-14)10(3,4)20-18/h17-18H,1-6H3/b16-15+. The molecule has 0 saturated carbocycles. The van der Waals surface area contributed by atoms with Crippen molar-refractivity contribution in [3.05, 3.63) is 0 Å². The van der Waals surface area contributed by atoms with Crippen molar-refractivity contribution < 1.29 is 20.3 Å². The number of azo groups is 1. The minimum Gasteiger partial charge on any atom is -0.251 e. The molecule has 0 rings (SSSR count). The topological polar surface area (TPSA) is 131 Å². The lowest BCUT2D eigenvalue weighted by atomic mass is 9.85. The second-order valence-corrected chi connectivity index (χ2v) is 5.77. The Morgan fingerprint density at radius 2 is 1.00 bits per heavy atom. The zero-order valence-electron chi connectivity index (χ0n) is 12.5. The van der Waals surface area contributed by atoms with Gasteiger partial charge in [0, 0.05) is 0 Å². The van der Waals surface area contributed by atoms with Crippen LogP contribution in [0, 0.1) is 22.7 Å². The summed E-state index contributed by atoms with van der Waals surface area (Å²) in [5.41, 5.74) is -5.76. The molecule has 0 saturated heterocycles. The Balaban J connectivity index is 5.69. The molecule has 2 unspecified atom stereocenters. The predicted octanol–water partition coefficient (Wildman–Crippen LogP) is 2.54. The average molecular weight is 284 g/mol. The van der Waals surface area contributed by atoms with E-state index in [-0.39, 0.29) is 0 Å². The van der Waals surface area contributed by atoms with Crippen molar-refractivity contribution in [2.75, 3.05) is 0 Å². The van der Waals surface area contributed by atoms with E-state index in [1.165, 1.54) is 41.5 Å². The fourth-order valence-electron chi connectivity index (χ4n) is 0.933. The number of hydrogen-bond donors (Lipinski definition) is 2. The van der Waals surface area contributed by atoms with Crippen molar-refractivity contribution in [2.45, 2.75) is 63.8 Å². The Morgan fingerprint density at radius 1 is 0.750 bits per heavy atom. The van der Waals surface area contributed by atoms with E-state index in [1.807, 2.05) is 12.1 Å². The summed E-state index contributed by atoms with van der Waals surface area (Å²) in [4.78, 5) is 8.53. The van der Waals surface area contributed by atoms with E-state index in [0.717, 1.165) is 0 Å². The summed E-state index contributed by atoms with van der Waals surface area (Å²) in [7, 11) is 0. The smallest absolute Gasteiger partial charge is 0.195 e. The Morgan fingerprint density at radius 3 is 1.15 bits per heavy atom. The number of rotatable bonds is 6. The molecule has 0 aromatic heterocycles. The van der Waals surface area contributed by atoms with Crippen LogP contribution in [-0.4, -0.2) is 32.8 Å².